The molecule has 4 rings (SSSR count). The molecular weight excluding hydrogens is 298 g/mol. The van der Waals surface area contributed by atoms with Crippen LogP contribution in [-0.4, -0.2) is 28.1 Å². The molecule has 0 spiro atoms. The zero-order valence-electron chi connectivity index (χ0n) is 12.6. The highest BCUT2D eigenvalue weighted by molar-refractivity contribution is 5.99. The molecule has 23 heavy (non-hydrogen) atoms. The maximum Gasteiger partial charge on any atom is 0.310 e. The van der Waals surface area contributed by atoms with E-state index in [9.17, 15) is 24.6 Å². The van der Waals surface area contributed by atoms with Gasteiger partial charge in [-0.3, -0.25) is 14.4 Å². The molecule has 0 unspecified atom stereocenters. The molecule has 3 N–H and O–H groups in total. The third kappa shape index (κ3) is 2.48. The van der Waals surface area contributed by atoms with Crippen LogP contribution >= 0.6 is 0 Å². The Labute approximate surface area is 133 Å². The summed E-state index contributed by atoms with van der Waals surface area (Å²) < 4.78 is 0. The number of carboxylic acid groups (broad SMARTS) is 2. The Hall–Kier alpha value is -2.37. The van der Waals surface area contributed by atoms with E-state index in [4.69, 9.17) is 0 Å². The van der Waals surface area contributed by atoms with Crippen LogP contribution in [0.25, 0.3) is 0 Å². The number of amides is 1. The molecule has 0 radical (unpaired) electrons. The molecule has 122 valence electrons. The number of nitrogens with one attached hydrogen (secondary N) is 1. The van der Waals surface area contributed by atoms with E-state index in [-0.39, 0.29) is 5.92 Å². The Morgan fingerprint density at radius 2 is 1.65 bits per heavy atom. The maximum atomic E-state index is 12.7. The zero-order valence-corrected chi connectivity index (χ0v) is 12.6. The van der Waals surface area contributed by atoms with Crippen LogP contribution in [0.3, 0.4) is 0 Å². The normalized spacial score (nSPS) is 32.3. The minimum atomic E-state index is -1.27. The summed E-state index contributed by atoms with van der Waals surface area (Å²) in [6.45, 7) is 0. The van der Waals surface area contributed by atoms with Gasteiger partial charge in [0.1, 0.15) is 0 Å². The number of carboxylic acids is 2. The van der Waals surface area contributed by atoms with Crippen LogP contribution in [0.15, 0.2) is 30.3 Å². The Balaban J connectivity index is 1.96. The Morgan fingerprint density at radius 3 is 2.17 bits per heavy atom. The second kappa shape index (κ2) is 5.68. The van der Waals surface area contributed by atoms with Crippen molar-refractivity contribution in [2.45, 2.75) is 25.7 Å². The summed E-state index contributed by atoms with van der Waals surface area (Å²) in [4.78, 5) is 36.3. The fourth-order valence-corrected chi connectivity index (χ4v) is 4.29. The quantitative estimate of drug-likeness (QED) is 0.790. The van der Waals surface area contributed by atoms with Crippen LogP contribution in [0, 0.1) is 23.2 Å². The molecule has 0 heterocycles. The molecule has 1 aromatic rings. The summed E-state index contributed by atoms with van der Waals surface area (Å²) in [7, 11) is 0. The fourth-order valence-electron chi connectivity index (χ4n) is 4.29. The van der Waals surface area contributed by atoms with Gasteiger partial charge in [-0.2, -0.15) is 0 Å². The smallest absolute Gasteiger partial charge is 0.310 e. The van der Waals surface area contributed by atoms with E-state index in [2.05, 4.69) is 5.32 Å². The van der Waals surface area contributed by atoms with Crippen LogP contribution in [0.1, 0.15) is 25.7 Å². The lowest BCUT2D eigenvalue weighted by Gasteiger charge is -2.51. The first-order valence-electron chi connectivity index (χ1n) is 7.78. The maximum absolute atomic E-state index is 12.7. The van der Waals surface area contributed by atoms with E-state index in [0.717, 1.165) is 0 Å². The average Bonchev–Trinajstić information content (AvgIpc) is 2.55. The van der Waals surface area contributed by atoms with Gasteiger partial charge in [-0.25, -0.2) is 0 Å². The van der Waals surface area contributed by atoms with Crippen molar-refractivity contribution in [3.63, 3.8) is 0 Å². The molecule has 3 saturated carbocycles. The highest BCUT2D eigenvalue weighted by atomic mass is 16.4. The van der Waals surface area contributed by atoms with Gasteiger partial charge in [-0.15, -0.1) is 0 Å². The second-order valence-corrected chi connectivity index (χ2v) is 6.50. The van der Waals surface area contributed by atoms with Crippen molar-refractivity contribution in [1.82, 2.24) is 0 Å². The molecule has 0 aliphatic heterocycles. The lowest BCUT2D eigenvalue weighted by atomic mass is 9.50. The van der Waals surface area contributed by atoms with Gasteiger partial charge in [0.2, 0.25) is 5.91 Å². The van der Waals surface area contributed by atoms with E-state index < -0.39 is 35.1 Å². The molecule has 6 heteroatoms. The van der Waals surface area contributed by atoms with Crippen molar-refractivity contribution in [1.29, 1.82) is 0 Å². The number of benzene rings is 1. The first-order valence-corrected chi connectivity index (χ1v) is 7.78. The summed E-state index contributed by atoms with van der Waals surface area (Å²) in [5.74, 6) is -4.73. The molecule has 3 aliphatic carbocycles. The molecule has 1 amide bonds. The van der Waals surface area contributed by atoms with Gasteiger partial charge in [0.05, 0.1) is 17.3 Å². The molecule has 2 bridgehead atoms. The van der Waals surface area contributed by atoms with Crippen LogP contribution in [0.4, 0.5) is 5.69 Å². The zero-order chi connectivity index (χ0) is 16.6. The van der Waals surface area contributed by atoms with Gasteiger partial charge in [-0.05, 0) is 43.7 Å². The molecule has 0 aromatic heterocycles. The molecule has 6 nitrogen and oxygen atoms in total. The summed E-state index contributed by atoms with van der Waals surface area (Å²) in [5, 5.41) is 22.0. The second-order valence-electron chi connectivity index (χ2n) is 6.50. The summed E-state index contributed by atoms with van der Waals surface area (Å²) in [6.07, 6.45) is 1.84. The highest BCUT2D eigenvalue weighted by Gasteiger charge is 2.62. The monoisotopic (exact) mass is 317 g/mol. The lowest BCUT2D eigenvalue weighted by Crippen LogP contribution is -2.58. The third-order valence-electron chi connectivity index (χ3n) is 5.42. The number of anilines is 1. The van der Waals surface area contributed by atoms with Crippen molar-refractivity contribution in [3.8, 4) is 0 Å². The fraction of sp³-hybridized carbons (Fsp3) is 0.471. The first-order chi connectivity index (χ1) is 11.0. The number of carbonyl (C=O) groups excluding carboxylic acids is 1. The van der Waals surface area contributed by atoms with Gasteiger partial charge >= 0.3 is 11.9 Å². The van der Waals surface area contributed by atoms with E-state index in [1.165, 1.54) is 0 Å². The van der Waals surface area contributed by atoms with Crippen LogP contribution < -0.4 is 5.32 Å². The van der Waals surface area contributed by atoms with Crippen molar-refractivity contribution in [2.75, 3.05) is 5.32 Å². The number of para-hydroxylation sites is 1. The molecule has 0 saturated heterocycles. The van der Waals surface area contributed by atoms with Crippen LogP contribution in [0.5, 0.6) is 0 Å². The Kier molecular flexibility index (Phi) is 3.83. The molecule has 2 atom stereocenters. The van der Waals surface area contributed by atoms with Crippen molar-refractivity contribution < 1.29 is 24.6 Å². The first kappa shape index (κ1) is 15.5. The standard InChI is InChI=1S/C17H19NO5/c19-14(18-11-4-2-1-3-5-11)13-12(15(20)21)10-6-8-17(13,9-7-10)16(22)23/h1-5,10,12-13H,6-9H2,(H,18,19)(H,20,21)(H,22,23)/t10?,12-,13+,17?/m0/s1. The van der Waals surface area contributed by atoms with Gasteiger partial charge in [0.25, 0.3) is 0 Å². The van der Waals surface area contributed by atoms with Crippen molar-refractivity contribution >= 4 is 23.5 Å². The average molecular weight is 317 g/mol. The van der Waals surface area contributed by atoms with E-state index >= 15 is 0 Å². The molecular formula is C17H19NO5. The van der Waals surface area contributed by atoms with Gasteiger partial charge < -0.3 is 15.5 Å². The van der Waals surface area contributed by atoms with E-state index in [1.54, 1.807) is 30.3 Å². The largest absolute Gasteiger partial charge is 0.481 e. The Bertz CT molecular complexity index is 634. The number of hydrogen-bond acceptors (Lipinski definition) is 3. The molecule has 3 fully saturated rings. The number of carbonyl (C=O) groups is 3. The van der Waals surface area contributed by atoms with Crippen LogP contribution in [-0.2, 0) is 14.4 Å². The van der Waals surface area contributed by atoms with Gasteiger partial charge in [0.15, 0.2) is 0 Å². The summed E-state index contributed by atoms with van der Waals surface area (Å²) in [5.41, 5.74) is -0.722. The minimum Gasteiger partial charge on any atom is -0.481 e. The number of fused-ring (bicyclic) bond motifs is 3. The number of rotatable bonds is 4. The van der Waals surface area contributed by atoms with E-state index in [1.807, 2.05) is 0 Å². The third-order valence-corrected chi connectivity index (χ3v) is 5.42. The van der Waals surface area contributed by atoms with Crippen LogP contribution in [0.2, 0.25) is 0 Å². The topological polar surface area (TPSA) is 104 Å². The van der Waals surface area contributed by atoms with Crippen molar-refractivity contribution in [2.24, 2.45) is 23.2 Å². The number of hydrogen-bond donors (Lipinski definition) is 3. The summed E-state index contributed by atoms with van der Waals surface area (Å²) >= 11 is 0. The minimum absolute atomic E-state index is 0.125. The highest BCUT2D eigenvalue weighted by Crippen LogP contribution is 2.57. The SMILES string of the molecule is O=C(O)[C@H]1C2CCC(C(=O)O)(CC2)[C@H]1C(=O)Nc1ccccc1. The summed E-state index contributed by atoms with van der Waals surface area (Å²) in [6, 6.07) is 8.70. The number of aliphatic carboxylic acids is 2. The van der Waals surface area contributed by atoms with E-state index in [0.29, 0.717) is 31.4 Å². The van der Waals surface area contributed by atoms with Crippen molar-refractivity contribution in [3.05, 3.63) is 30.3 Å². The van der Waals surface area contributed by atoms with Gasteiger partial charge in [0, 0.05) is 5.69 Å². The molecule has 3 aliphatic rings. The van der Waals surface area contributed by atoms with Gasteiger partial charge in [-0.1, -0.05) is 18.2 Å². The predicted molar refractivity (Wildman–Crippen MR) is 81.7 cm³/mol. The predicted octanol–water partition coefficient (Wildman–Crippen LogP) is 2.22. The molecule has 1 aromatic carbocycles. The lowest BCUT2D eigenvalue weighted by molar-refractivity contribution is -0.179. The Morgan fingerprint density at radius 1 is 1.04 bits per heavy atom.